The van der Waals surface area contributed by atoms with Gasteiger partial charge in [-0.2, -0.15) is 0 Å². The normalized spacial score (nSPS) is 16.3. The van der Waals surface area contributed by atoms with Crippen LogP contribution in [-0.2, 0) is 11.8 Å². The quantitative estimate of drug-likeness (QED) is 0.908. The van der Waals surface area contributed by atoms with Gasteiger partial charge in [0.05, 0.1) is 0 Å². The molecule has 1 aromatic carbocycles. The van der Waals surface area contributed by atoms with E-state index in [0.29, 0.717) is 6.42 Å². The number of hydrogen-bond acceptors (Lipinski definition) is 4. The number of carbonyl (C=O) groups excluding carboxylic acids is 1. The van der Waals surface area contributed by atoms with Gasteiger partial charge in [-0.05, 0) is 31.9 Å². The predicted octanol–water partition coefficient (Wildman–Crippen LogP) is 3.08. The monoisotopic (exact) mass is 341 g/mol. The van der Waals surface area contributed by atoms with Gasteiger partial charge in [-0.1, -0.05) is 25.0 Å². The highest BCUT2D eigenvalue weighted by molar-refractivity contribution is 5.77. The average Bonchev–Trinajstić information content (AvgIpc) is 2.84. The number of rotatable bonds is 5. The Morgan fingerprint density at radius 3 is 2.68 bits per heavy atom. The number of carbonyl (C=O) groups is 1. The molecule has 1 aliphatic rings. The maximum Gasteiger partial charge on any atom is 0.224 e. The maximum atomic E-state index is 12.5. The van der Waals surface area contributed by atoms with E-state index in [1.165, 1.54) is 12.8 Å². The van der Waals surface area contributed by atoms with Crippen molar-refractivity contribution in [3.8, 4) is 11.4 Å². The SMILES string of the molecule is C[C@H](CC(=O)N1CCCCCC1)Nc1cccc(-c2nncn2C)c1. The third-order valence-corrected chi connectivity index (χ3v) is 4.68. The first-order valence-electron chi connectivity index (χ1n) is 9.12. The van der Waals surface area contributed by atoms with Gasteiger partial charge in [-0.3, -0.25) is 4.79 Å². The minimum absolute atomic E-state index is 0.0884. The Bertz CT molecular complexity index is 703. The lowest BCUT2D eigenvalue weighted by molar-refractivity contribution is -0.131. The predicted molar refractivity (Wildman–Crippen MR) is 99.2 cm³/mol. The molecule has 1 saturated heterocycles. The summed E-state index contributed by atoms with van der Waals surface area (Å²) >= 11 is 0. The van der Waals surface area contributed by atoms with E-state index in [1.807, 2.05) is 34.7 Å². The lowest BCUT2D eigenvalue weighted by Gasteiger charge is -2.23. The number of nitrogens with one attached hydrogen (secondary N) is 1. The summed E-state index contributed by atoms with van der Waals surface area (Å²) < 4.78 is 1.89. The Hall–Kier alpha value is -2.37. The van der Waals surface area contributed by atoms with Crippen LogP contribution in [0.3, 0.4) is 0 Å². The maximum absolute atomic E-state index is 12.5. The van der Waals surface area contributed by atoms with Gasteiger partial charge in [0, 0.05) is 43.9 Å². The summed E-state index contributed by atoms with van der Waals surface area (Å²) in [6.45, 7) is 3.88. The van der Waals surface area contributed by atoms with Gasteiger partial charge in [0.25, 0.3) is 0 Å². The Labute approximate surface area is 149 Å². The summed E-state index contributed by atoms with van der Waals surface area (Å²) in [6.07, 6.45) is 6.96. The second-order valence-corrected chi connectivity index (χ2v) is 6.89. The Morgan fingerprint density at radius 1 is 1.24 bits per heavy atom. The standard InChI is InChI=1S/C19H27N5O/c1-15(12-18(25)24-10-5-3-4-6-11-24)21-17-9-7-8-16(13-17)19-22-20-14-23(19)2/h7-9,13-15,21H,3-6,10-12H2,1-2H3/t15-/m1/s1. The highest BCUT2D eigenvalue weighted by Crippen LogP contribution is 2.21. The molecule has 25 heavy (non-hydrogen) atoms. The van der Waals surface area contributed by atoms with Crippen LogP contribution in [0, 0.1) is 0 Å². The molecule has 3 rings (SSSR count). The zero-order valence-corrected chi connectivity index (χ0v) is 15.1. The molecule has 0 radical (unpaired) electrons. The molecule has 1 aliphatic heterocycles. The lowest BCUT2D eigenvalue weighted by Crippen LogP contribution is -2.35. The highest BCUT2D eigenvalue weighted by atomic mass is 16.2. The Kier molecular flexibility index (Phi) is 5.68. The Morgan fingerprint density at radius 2 is 2.00 bits per heavy atom. The summed E-state index contributed by atoms with van der Waals surface area (Å²) in [5, 5.41) is 11.5. The van der Waals surface area contributed by atoms with Crippen molar-refractivity contribution in [3.05, 3.63) is 30.6 Å². The number of nitrogens with zero attached hydrogens (tertiary/aromatic N) is 4. The Balaban J connectivity index is 1.60. The molecular formula is C19H27N5O. The molecule has 0 saturated carbocycles. The molecule has 1 aromatic heterocycles. The van der Waals surface area contributed by atoms with Crippen molar-refractivity contribution in [3.63, 3.8) is 0 Å². The second kappa shape index (κ2) is 8.14. The molecule has 1 fully saturated rings. The van der Waals surface area contributed by atoms with Crippen LogP contribution in [0.2, 0.25) is 0 Å². The van der Waals surface area contributed by atoms with Gasteiger partial charge >= 0.3 is 0 Å². The summed E-state index contributed by atoms with van der Waals surface area (Å²) in [5.74, 6) is 1.09. The fourth-order valence-electron chi connectivity index (χ4n) is 3.34. The van der Waals surface area contributed by atoms with E-state index in [2.05, 4.69) is 28.5 Å². The molecule has 1 atom stereocenters. The molecule has 134 valence electrons. The van der Waals surface area contributed by atoms with Crippen LogP contribution in [0.4, 0.5) is 5.69 Å². The first-order valence-corrected chi connectivity index (χ1v) is 9.12. The minimum atomic E-state index is 0.0884. The fourth-order valence-corrected chi connectivity index (χ4v) is 3.34. The number of aryl methyl sites for hydroxylation is 1. The lowest BCUT2D eigenvalue weighted by atomic mass is 10.1. The highest BCUT2D eigenvalue weighted by Gasteiger charge is 2.18. The third-order valence-electron chi connectivity index (χ3n) is 4.68. The summed E-state index contributed by atoms with van der Waals surface area (Å²) in [6, 6.07) is 8.17. The van der Waals surface area contributed by atoms with Crippen LogP contribution in [0.5, 0.6) is 0 Å². The van der Waals surface area contributed by atoms with Crippen LogP contribution in [-0.4, -0.2) is 44.7 Å². The van der Waals surface area contributed by atoms with Crippen molar-refractivity contribution in [1.82, 2.24) is 19.7 Å². The van der Waals surface area contributed by atoms with Crippen LogP contribution in [0.1, 0.15) is 39.0 Å². The topological polar surface area (TPSA) is 63.1 Å². The van der Waals surface area contributed by atoms with E-state index in [1.54, 1.807) is 6.33 Å². The van der Waals surface area contributed by atoms with E-state index in [-0.39, 0.29) is 11.9 Å². The number of benzene rings is 1. The molecule has 1 N–H and O–H groups in total. The summed E-state index contributed by atoms with van der Waals surface area (Å²) in [5.41, 5.74) is 2.01. The van der Waals surface area contributed by atoms with Crippen molar-refractivity contribution in [2.75, 3.05) is 18.4 Å². The molecule has 0 aliphatic carbocycles. The molecule has 6 heteroatoms. The molecule has 0 unspecified atom stereocenters. The minimum Gasteiger partial charge on any atom is -0.382 e. The zero-order valence-electron chi connectivity index (χ0n) is 15.1. The van der Waals surface area contributed by atoms with E-state index >= 15 is 0 Å². The van der Waals surface area contributed by atoms with Gasteiger partial charge < -0.3 is 14.8 Å². The summed E-state index contributed by atoms with van der Waals surface area (Å²) in [4.78, 5) is 14.5. The second-order valence-electron chi connectivity index (χ2n) is 6.89. The first kappa shape index (κ1) is 17.5. The van der Waals surface area contributed by atoms with Gasteiger partial charge in [0.2, 0.25) is 5.91 Å². The van der Waals surface area contributed by atoms with E-state index in [0.717, 1.165) is 43.0 Å². The zero-order chi connectivity index (χ0) is 17.6. The van der Waals surface area contributed by atoms with Crippen molar-refractivity contribution >= 4 is 11.6 Å². The molecule has 1 amide bonds. The fraction of sp³-hybridized carbons (Fsp3) is 0.526. The van der Waals surface area contributed by atoms with Crippen LogP contribution in [0.15, 0.2) is 30.6 Å². The first-order chi connectivity index (χ1) is 12.1. The molecule has 0 spiro atoms. The van der Waals surface area contributed by atoms with E-state index < -0.39 is 0 Å². The molecule has 2 heterocycles. The number of hydrogen-bond donors (Lipinski definition) is 1. The van der Waals surface area contributed by atoms with Crippen molar-refractivity contribution in [1.29, 1.82) is 0 Å². The molecule has 2 aromatic rings. The van der Waals surface area contributed by atoms with Gasteiger partial charge in [-0.15, -0.1) is 10.2 Å². The number of anilines is 1. The summed E-state index contributed by atoms with van der Waals surface area (Å²) in [7, 11) is 1.93. The smallest absolute Gasteiger partial charge is 0.224 e. The van der Waals surface area contributed by atoms with Crippen molar-refractivity contribution < 1.29 is 4.79 Å². The van der Waals surface area contributed by atoms with E-state index in [9.17, 15) is 4.79 Å². The van der Waals surface area contributed by atoms with Gasteiger partial charge in [0.15, 0.2) is 5.82 Å². The number of amides is 1. The van der Waals surface area contributed by atoms with Crippen LogP contribution >= 0.6 is 0 Å². The largest absolute Gasteiger partial charge is 0.382 e. The van der Waals surface area contributed by atoms with E-state index in [4.69, 9.17) is 0 Å². The van der Waals surface area contributed by atoms with Gasteiger partial charge in [0.1, 0.15) is 6.33 Å². The van der Waals surface area contributed by atoms with Gasteiger partial charge in [-0.25, -0.2) is 0 Å². The number of likely N-dealkylation sites (tertiary alicyclic amines) is 1. The van der Waals surface area contributed by atoms with Crippen LogP contribution in [0.25, 0.3) is 11.4 Å². The van der Waals surface area contributed by atoms with Crippen LogP contribution < -0.4 is 5.32 Å². The molecular weight excluding hydrogens is 314 g/mol. The molecule has 0 bridgehead atoms. The third kappa shape index (κ3) is 4.59. The number of aromatic nitrogens is 3. The van der Waals surface area contributed by atoms with Crippen molar-refractivity contribution in [2.45, 2.75) is 45.1 Å². The average molecular weight is 341 g/mol. The molecule has 6 nitrogen and oxygen atoms in total. The van der Waals surface area contributed by atoms with Crippen molar-refractivity contribution in [2.24, 2.45) is 7.05 Å².